The highest BCUT2D eigenvalue weighted by molar-refractivity contribution is 6.34. The summed E-state index contributed by atoms with van der Waals surface area (Å²) >= 11 is 5.94. The third kappa shape index (κ3) is 5.49. The molecule has 3 N–H and O–H groups in total. The van der Waals surface area contributed by atoms with E-state index < -0.39 is 39.6 Å². The van der Waals surface area contributed by atoms with Gasteiger partial charge in [-0.3, -0.25) is 5.41 Å². The van der Waals surface area contributed by atoms with E-state index in [0.717, 1.165) is 18.1 Å². The lowest BCUT2D eigenvalue weighted by Crippen LogP contribution is -2.51. The number of nitrogens with two attached hydrogens (primary N) is 1. The number of hydrogen-bond acceptors (Lipinski definition) is 4. The van der Waals surface area contributed by atoms with E-state index in [1.807, 2.05) is 44.3 Å². The number of rotatable bonds is 8. The highest BCUT2D eigenvalue weighted by atomic mass is 35.5. The molecule has 1 aliphatic rings. The van der Waals surface area contributed by atoms with Gasteiger partial charge in [0.05, 0.1) is 10.7 Å². The number of anilines is 1. The fraction of sp³-hybridized carbons (Fsp3) is 0.500. The van der Waals surface area contributed by atoms with Gasteiger partial charge in [0.25, 0.3) is 0 Å². The summed E-state index contributed by atoms with van der Waals surface area (Å²) in [6.45, 7) is 5.01. The van der Waals surface area contributed by atoms with Crippen LogP contribution < -0.4 is 5.73 Å². The molecule has 0 radical (unpaired) electrons. The Morgan fingerprint density at radius 2 is 1.91 bits per heavy atom. The molecule has 1 saturated carbocycles. The topological polar surface area (TPSA) is 62.3 Å². The van der Waals surface area contributed by atoms with Gasteiger partial charge in [0.1, 0.15) is 17.1 Å². The van der Waals surface area contributed by atoms with Gasteiger partial charge in [-0.1, -0.05) is 55.3 Å². The molecule has 35 heavy (non-hydrogen) atoms. The predicted molar refractivity (Wildman–Crippen MR) is 131 cm³/mol. The summed E-state index contributed by atoms with van der Waals surface area (Å²) < 4.78 is 62.6. The molecule has 3 unspecified atom stereocenters. The first-order valence-corrected chi connectivity index (χ1v) is 12.1. The average Bonchev–Trinajstić information content (AvgIpc) is 2.79. The Labute approximate surface area is 208 Å². The zero-order valence-corrected chi connectivity index (χ0v) is 20.9. The van der Waals surface area contributed by atoms with Crippen LogP contribution in [-0.4, -0.2) is 37.0 Å². The van der Waals surface area contributed by atoms with Crippen molar-refractivity contribution in [2.45, 2.75) is 51.4 Å². The number of nitrogens with zero attached hydrogens (tertiary/aromatic N) is 1. The summed E-state index contributed by atoms with van der Waals surface area (Å²) in [4.78, 5) is 2.09. The summed E-state index contributed by atoms with van der Waals surface area (Å²) in [5.41, 5.74) is 2.90. The standard InChI is InChI=1S/C26H32ClF4N3O/c1-4-35-25(19-13-20(28)22(27)23(32)21(19)24(33)26(29,30)31)16(2)9-8-12-18(25)15-34(3)14-17-10-6-5-7-11-17/h5-7,10-11,13,16,18,33H,4,8-9,12,14-15,32H2,1-3H3. The largest absolute Gasteiger partial charge is 0.433 e. The molecule has 0 aromatic heterocycles. The number of halogens is 5. The van der Waals surface area contributed by atoms with Crippen LogP contribution in [0.25, 0.3) is 0 Å². The summed E-state index contributed by atoms with van der Waals surface area (Å²) in [5.74, 6) is -1.43. The SMILES string of the molecule is CCOC1(c2cc(F)c(Cl)c(N)c2C(=N)C(F)(F)F)C(C)CCCC1CN(C)Cc1ccccc1. The molecule has 0 saturated heterocycles. The first-order chi connectivity index (χ1) is 16.4. The maximum absolute atomic E-state index is 14.9. The van der Waals surface area contributed by atoms with E-state index in [1.165, 1.54) is 0 Å². The lowest BCUT2D eigenvalue weighted by atomic mass is 9.63. The monoisotopic (exact) mass is 513 g/mol. The highest BCUT2D eigenvalue weighted by Gasteiger charge is 2.52. The molecule has 0 spiro atoms. The maximum atomic E-state index is 14.9. The normalized spacial score (nSPS) is 23.0. The van der Waals surface area contributed by atoms with Crippen LogP contribution in [-0.2, 0) is 16.9 Å². The number of nitrogens with one attached hydrogen (secondary N) is 1. The van der Waals surface area contributed by atoms with Crippen LogP contribution in [0.3, 0.4) is 0 Å². The maximum Gasteiger partial charge on any atom is 0.433 e. The summed E-state index contributed by atoms with van der Waals surface area (Å²) in [5, 5.41) is 7.32. The Kier molecular flexibility index (Phi) is 8.50. The Hall–Kier alpha value is -2.16. The van der Waals surface area contributed by atoms with Crippen molar-refractivity contribution in [1.29, 1.82) is 5.41 Å². The third-order valence-corrected chi connectivity index (χ3v) is 7.33. The van der Waals surface area contributed by atoms with Crippen molar-refractivity contribution in [2.24, 2.45) is 11.8 Å². The van der Waals surface area contributed by atoms with Crippen LogP contribution in [0.4, 0.5) is 23.2 Å². The summed E-state index contributed by atoms with van der Waals surface area (Å²) in [6, 6.07) is 10.8. The number of hydrogen-bond donors (Lipinski definition) is 2. The Morgan fingerprint density at radius 1 is 1.26 bits per heavy atom. The number of nitrogen functional groups attached to an aromatic ring is 1. The van der Waals surface area contributed by atoms with Gasteiger partial charge in [0, 0.05) is 31.2 Å². The van der Waals surface area contributed by atoms with Gasteiger partial charge < -0.3 is 15.4 Å². The fourth-order valence-corrected chi connectivity index (χ4v) is 5.64. The summed E-state index contributed by atoms with van der Waals surface area (Å²) in [6.07, 6.45) is -2.78. The fourth-order valence-electron chi connectivity index (χ4n) is 5.49. The van der Waals surface area contributed by atoms with Gasteiger partial charge >= 0.3 is 6.18 Å². The Balaban J connectivity index is 2.16. The summed E-state index contributed by atoms with van der Waals surface area (Å²) in [7, 11) is 1.94. The van der Waals surface area contributed by atoms with Crippen LogP contribution in [0.1, 0.15) is 49.8 Å². The Bertz CT molecular complexity index is 1050. The van der Waals surface area contributed by atoms with Crippen molar-refractivity contribution >= 4 is 23.0 Å². The first-order valence-electron chi connectivity index (χ1n) is 11.7. The van der Waals surface area contributed by atoms with Crippen molar-refractivity contribution in [3.63, 3.8) is 0 Å². The molecule has 9 heteroatoms. The van der Waals surface area contributed by atoms with Crippen molar-refractivity contribution in [3.05, 3.63) is 63.9 Å². The zero-order valence-electron chi connectivity index (χ0n) is 20.2. The first kappa shape index (κ1) is 27.4. The van der Waals surface area contributed by atoms with Crippen molar-refractivity contribution in [3.8, 4) is 0 Å². The molecular weight excluding hydrogens is 482 g/mol. The second-order valence-electron chi connectivity index (χ2n) is 9.32. The quantitative estimate of drug-likeness (QED) is 0.232. The van der Waals surface area contributed by atoms with Crippen LogP contribution in [0.15, 0.2) is 36.4 Å². The minimum Gasteiger partial charge on any atom is -0.397 e. The molecule has 4 nitrogen and oxygen atoms in total. The Morgan fingerprint density at radius 3 is 2.51 bits per heavy atom. The lowest BCUT2D eigenvalue weighted by molar-refractivity contribution is -0.150. The van der Waals surface area contributed by atoms with Crippen LogP contribution in [0.2, 0.25) is 5.02 Å². The molecule has 0 heterocycles. The van der Waals surface area contributed by atoms with E-state index in [2.05, 4.69) is 4.90 Å². The highest BCUT2D eigenvalue weighted by Crippen LogP contribution is 2.52. The minimum atomic E-state index is -4.99. The molecule has 3 atom stereocenters. The molecule has 2 aromatic carbocycles. The van der Waals surface area contributed by atoms with Gasteiger partial charge in [0.2, 0.25) is 0 Å². The molecule has 2 aromatic rings. The van der Waals surface area contributed by atoms with Gasteiger partial charge in [-0.05, 0) is 49.9 Å². The molecule has 1 aliphatic carbocycles. The van der Waals surface area contributed by atoms with Gasteiger partial charge in [-0.2, -0.15) is 13.2 Å². The number of benzene rings is 2. The molecule has 0 aliphatic heterocycles. The second kappa shape index (κ2) is 10.8. The smallest absolute Gasteiger partial charge is 0.397 e. The van der Waals surface area contributed by atoms with Gasteiger partial charge in [-0.25, -0.2) is 4.39 Å². The van der Waals surface area contributed by atoms with Crippen LogP contribution in [0, 0.1) is 23.1 Å². The van der Waals surface area contributed by atoms with Crippen molar-refractivity contribution in [1.82, 2.24) is 4.90 Å². The molecule has 192 valence electrons. The third-order valence-electron chi connectivity index (χ3n) is 6.95. The van der Waals surface area contributed by atoms with E-state index >= 15 is 0 Å². The van der Waals surface area contributed by atoms with E-state index in [9.17, 15) is 17.6 Å². The van der Waals surface area contributed by atoms with Crippen LogP contribution >= 0.6 is 11.6 Å². The van der Waals surface area contributed by atoms with E-state index in [4.69, 9.17) is 27.5 Å². The molecule has 0 amide bonds. The molecular formula is C26H32ClF4N3O. The van der Waals surface area contributed by atoms with Gasteiger partial charge in [-0.15, -0.1) is 0 Å². The average molecular weight is 514 g/mol. The predicted octanol–water partition coefficient (Wildman–Crippen LogP) is 6.79. The second-order valence-corrected chi connectivity index (χ2v) is 9.70. The van der Waals surface area contributed by atoms with E-state index in [0.29, 0.717) is 25.9 Å². The zero-order chi connectivity index (χ0) is 26.0. The van der Waals surface area contributed by atoms with Gasteiger partial charge in [0.15, 0.2) is 0 Å². The van der Waals surface area contributed by atoms with Crippen molar-refractivity contribution in [2.75, 3.05) is 25.9 Å². The minimum absolute atomic E-state index is 0.0496. The van der Waals surface area contributed by atoms with Crippen molar-refractivity contribution < 1.29 is 22.3 Å². The molecule has 0 bridgehead atoms. The van der Waals surface area contributed by atoms with E-state index in [-0.39, 0.29) is 24.0 Å². The van der Waals surface area contributed by atoms with Crippen LogP contribution in [0.5, 0.6) is 0 Å². The number of alkyl halides is 3. The lowest BCUT2D eigenvalue weighted by Gasteiger charge is -2.50. The van der Waals surface area contributed by atoms with E-state index in [1.54, 1.807) is 6.92 Å². The number of ether oxygens (including phenoxy) is 1. The molecule has 1 fully saturated rings. The molecule has 3 rings (SSSR count).